The lowest BCUT2D eigenvalue weighted by Gasteiger charge is -2.25. The van der Waals surface area contributed by atoms with Gasteiger partial charge < -0.3 is 9.73 Å². The van der Waals surface area contributed by atoms with Crippen molar-refractivity contribution in [1.82, 2.24) is 4.98 Å². The molecule has 3 heteroatoms. The van der Waals surface area contributed by atoms with Crippen LogP contribution in [0.1, 0.15) is 44.9 Å². The topological polar surface area (TPSA) is 38.1 Å². The molecule has 3 rings (SSSR count). The van der Waals surface area contributed by atoms with Crippen molar-refractivity contribution in [3.63, 3.8) is 0 Å². The van der Waals surface area contributed by atoms with Crippen molar-refractivity contribution in [3.05, 3.63) is 24.1 Å². The van der Waals surface area contributed by atoms with Gasteiger partial charge in [0.15, 0.2) is 11.5 Å². The third-order valence-electron chi connectivity index (χ3n) is 3.72. The predicted octanol–water partition coefficient (Wildman–Crippen LogP) is 4.16. The SMILES string of the molecule is CC(C)c1nc2cc(NCC3CCC3)ccc2o1. The first-order valence-electron chi connectivity index (χ1n) is 6.87. The van der Waals surface area contributed by atoms with Gasteiger partial charge in [-0.25, -0.2) is 4.98 Å². The number of hydrogen-bond donors (Lipinski definition) is 1. The number of anilines is 1. The maximum absolute atomic E-state index is 5.70. The number of oxazole rings is 1. The van der Waals surface area contributed by atoms with Crippen molar-refractivity contribution in [2.75, 3.05) is 11.9 Å². The van der Waals surface area contributed by atoms with Crippen molar-refractivity contribution in [2.45, 2.75) is 39.0 Å². The number of benzene rings is 1. The molecule has 96 valence electrons. The van der Waals surface area contributed by atoms with E-state index in [0.717, 1.165) is 35.1 Å². The molecular weight excluding hydrogens is 224 g/mol. The molecule has 1 saturated carbocycles. The van der Waals surface area contributed by atoms with Gasteiger partial charge in [-0.05, 0) is 37.0 Å². The minimum Gasteiger partial charge on any atom is -0.440 e. The van der Waals surface area contributed by atoms with Gasteiger partial charge in [0, 0.05) is 18.2 Å². The lowest BCUT2D eigenvalue weighted by Crippen LogP contribution is -2.20. The first kappa shape index (κ1) is 11.6. The van der Waals surface area contributed by atoms with E-state index in [0.29, 0.717) is 5.92 Å². The standard InChI is InChI=1S/C15H20N2O/c1-10(2)15-17-13-8-12(6-7-14(13)18-15)16-9-11-4-3-5-11/h6-8,10-11,16H,3-5,9H2,1-2H3. The van der Waals surface area contributed by atoms with Crippen LogP contribution in [0, 0.1) is 5.92 Å². The summed E-state index contributed by atoms with van der Waals surface area (Å²) in [5, 5.41) is 3.50. The summed E-state index contributed by atoms with van der Waals surface area (Å²) in [5.41, 5.74) is 2.99. The fraction of sp³-hybridized carbons (Fsp3) is 0.533. The van der Waals surface area contributed by atoms with Crippen molar-refractivity contribution in [2.24, 2.45) is 5.92 Å². The van der Waals surface area contributed by atoms with E-state index in [2.05, 4.69) is 36.3 Å². The van der Waals surface area contributed by atoms with Crippen molar-refractivity contribution >= 4 is 16.8 Å². The second kappa shape index (κ2) is 4.63. The van der Waals surface area contributed by atoms with Crippen molar-refractivity contribution in [1.29, 1.82) is 0 Å². The summed E-state index contributed by atoms with van der Waals surface area (Å²) >= 11 is 0. The third kappa shape index (κ3) is 2.22. The number of fused-ring (bicyclic) bond motifs is 1. The molecule has 0 spiro atoms. The van der Waals surface area contributed by atoms with Gasteiger partial charge in [-0.3, -0.25) is 0 Å². The van der Waals surface area contributed by atoms with Crippen LogP contribution in [0.2, 0.25) is 0 Å². The highest BCUT2D eigenvalue weighted by molar-refractivity contribution is 5.77. The summed E-state index contributed by atoms with van der Waals surface area (Å²) in [6.07, 6.45) is 4.14. The van der Waals surface area contributed by atoms with Crippen LogP contribution in [0.15, 0.2) is 22.6 Å². The predicted molar refractivity (Wildman–Crippen MR) is 73.9 cm³/mol. The molecule has 0 atom stereocenters. The lowest BCUT2D eigenvalue weighted by atomic mass is 9.85. The molecule has 0 amide bonds. The van der Waals surface area contributed by atoms with Crippen LogP contribution < -0.4 is 5.32 Å². The van der Waals surface area contributed by atoms with Gasteiger partial charge in [0.1, 0.15) is 5.52 Å². The molecule has 0 unspecified atom stereocenters. The van der Waals surface area contributed by atoms with Gasteiger partial charge in [0.2, 0.25) is 0 Å². The molecule has 1 aromatic heterocycles. The Kier molecular flexibility index (Phi) is 2.98. The van der Waals surface area contributed by atoms with Crippen LogP contribution in [0.4, 0.5) is 5.69 Å². The molecule has 1 heterocycles. The molecule has 1 N–H and O–H groups in total. The van der Waals surface area contributed by atoms with Crippen molar-refractivity contribution in [3.8, 4) is 0 Å². The third-order valence-corrected chi connectivity index (χ3v) is 3.72. The molecular formula is C15H20N2O. The average Bonchev–Trinajstić information content (AvgIpc) is 2.70. The Bertz CT molecular complexity index is 540. The van der Waals surface area contributed by atoms with Gasteiger partial charge >= 0.3 is 0 Å². The summed E-state index contributed by atoms with van der Waals surface area (Å²) in [5.74, 6) is 2.02. The minimum atomic E-state index is 0.337. The van der Waals surface area contributed by atoms with Crippen LogP contribution in [0.3, 0.4) is 0 Å². The maximum atomic E-state index is 5.70. The molecule has 0 bridgehead atoms. The second-order valence-electron chi connectivity index (χ2n) is 5.57. The summed E-state index contributed by atoms with van der Waals surface area (Å²) in [7, 11) is 0. The highest BCUT2D eigenvalue weighted by atomic mass is 16.3. The fourth-order valence-electron chi connectivity index (χ4n) is 2.26. The van der Waals surface area contributed by atoms with Crippen LogP contribution in [0.25, 0.3) is 11.1 Å². The van der Waals surface area contributed by atoms with E-state index in [9.17, 15) is 0 Å². The Morgan fingerprint density at radius 1 is 1.39 bits per heavy atom. The largest absolute Gasteiger partial charge is 0.440 e. The van der Waals surface area contributed by atoms with E-state index in [1.807, 2.05) is 6.07 Å². The second-order valence-corrected chi connectivity index (χ2v) is 5.57. The molecule has 0 saturated heterocycles. The molecule has 0 aliphatic heterocycles. The van der Waals surface area contributed by atoms with Crippen LogP contribution in [0.5, 0.6) is 0 Å². The Morgan fingerprint density at radius 3 is 2.89 bits per heavy atom. The molecule has 2 aromatic rings. The minimum absolute atomic E-state index is 0.337. The quantitative estimate of drug-likeness (QED) is 0.877. The maximum Gasteiger partial charge on any atom is 0.198 e. The van der Waals surface area contributed by atoms with Crippen molar-refractivity contribution < 1.29 is 4.42 Å². The van der Waals surface area contributed by atoms with Gasteiger partial charge in [-0.15, -0.1) is 0 Å². The Labute approximate surface area is 108 Å². The van der Waals surface area contributed by atoms with E-state index >= 15 is 0 Å². The molecule has 0 radical (unpaired) electrons. The molecule has 1 aliphatic carbocycles. The van der Waals surface area contributed by atoms with Crippen LogP contribution in [-0.2, 0) is 0 Å². The number of aromatic nitrogens is 1. The van der Waals surface area contributed by atoms with Crippen LogP contribution in [-0.4, -0.2) is 11.5 Å². The Balaban J connectivity index is 1.76. The first-order valence-corrected chi connectivity index (χ1v) is 6.87. The lowest BCUT2D eigenvalue weighted by molar-refractivity contribution is 0.333. The number of nitrogens with zero attached hydrogens (tertiary/aromatic N) is 1. The number of hydrogen-bond acceptors (Lipinski definition) is 3. The highest BCUT2D eigenvalue weighted by Gasteiger charge is 2.17. The average molecular weight is 244 g/mol. The van der Waals surface area contributed by atoms with Gasteiger partial charge in [-0.1, -0.05) is 20.3 Å². The Morgan fingerprint density at radius 2 is 2.22 bits per heavy atom. The summed E-state index contributed by atoms with van der Waals surface area (Å²) in [4.78, 5) is 4.53. The molecule has 18 heavy (non-hydrogen) atoms. The van der Waals surface area contributed by atoms with Gasteiger partial charge in [0.05, 0.1) is 0 Å². The van der Waals surface area contributed by atoms with E-state index in [4.69, 9.17) is 4.42 Å². The summed E-state index contributed by atoms with van der Waals surface area (Å²) in [6.45, 7) is 5.28. The number of rotatable bonds is 4. The molecule has 1 aliphatic rings. The van der Waals surface area contributed by atoms with E-state index < -0.39 is 0 Å². The van der Waals surface area contributed by atoms with E-state index in [1.165, 1.54) is 19.3 Å². The Hall–Kier alpha value is -1.51. The van der Waals surface area contributed by atoms with E-state index in [1.54, 1.807) is 0 Å². The van der Waals surface area contributed by atoms with E-state index in [-0.39, 0.29) is 0 Å². The normalized spacial score (nSPS) is 16.2. The highest BCUT2D eigenvalue weighted by Crippen LogP contribution is 2.27. The molecule has 1 aromatic carbocycles. The first-order chi connectivity index (χ1) is 8.72. The van der Waals surface area contributed by atoms with Crippen LogP contribution >= 0.6 is 0 Å². The zero-order valence-electron chi connectivity index (χ0n) is 11.1. The smallest absolute Gasteiger partial charge is 0.198 e. The fourth-order valence-corrected chi connectivity index (χ4v) is 2.26. The van der Waals surface area contributed by atoms with Gasteiger partial charge in [0.25, 0.3) is 0 Å². The molecule has 3 nitrogen and oxygen atoms in total. The zero-order chi connectivity index (χ0) is 12.5. The monoisotopic (exact) mass is 244 g/mol. The molecule has 1 fully saturated rings. The zero-order valence-corrected chi connectivity index (χ0v) is 11.1. The number of nitrogens with one attached hydrogen (secondary N) is 1. The summed E-state index contributed by atoms with van der Waals surface area (Å²) in [6, 6.07) is 6.18. The van der Waals surface area contributed by atoms with Gasteiger partial charge in [-0.2, -0.15) is 0 Å². The summed E-state index contributed by atoms with van der Waals surface area (Å²) < 4.78 is 5.70.